The maximum atomic E-state index is 5.05. The largest absolute Gasteiger partial charge is 0.316 e. The highest BCUT2D eigenvalue weighted by Crippen LogP contribution is 2.51. The van der Waals surface area contributed by atoms with Gasteiger partial charge in [-0.25, -0.2) is 15.0 Å². The average Bonchev–Trinajstić information content (AvgIpc) is 3.68. The molecule has 0 spiro atoms. The normalized spacial score (nSPS) is 13.0. The van der Waals surface area contributed by atoms with E-state index in [9.17, 15) is 0 Å². The average molecular weight is 667 g/mol. The lowest BCUT2D eigenvalue weighted by Crippen LogP contribution is -2.14. The molecular formula is C48H34N4. The molecule has 0 radical (unpaired) electrons. The first kappa shape index (κ1) is 30.2. The molecule has 0 aliphatic heterocycles. The summed E-state index contributed by atoms with van der Waals surface area (Å²) in [5, 5.41) is 3.71. The molecule has 1 aliphatic rings. The van der Waals surface area contributed by atoms with Crippen LogP contribution in [0.15, 0.2) is 170 Å². The van der Waals surface area contributed by atoms with Crippen molar-refractivity contribution in [1.29, 1.82) is 0 Å². The molecule has 52 heavy (non-hydrogen) atoms. The maximum Gasteiger partial charge on any atom is 0.164 e. The fourth-order valence-corrected chi connectivity index (χ4v) is 7.96. The summed E-state index contributed by atoms with van der Waals surface area (Å²) < 4.78 is 2.33. The molecule has 7 aromatic carbocycles. The minimum Gasteiger partial charge on any atom is -0.316 e. The van der Waals surface area contributed by atoms with Crippen molar-refractivity contribution in [3.8, 4) is 62.1 Å². The first-order chi connectivity index (χ1) is 25.5. The second kappa shape index (κ2) is 11.7. The summed E-state index contributed by atoms with van der Waals surface area (Å²) in [5.41, 5.74) is 12.6. The van der Waals surface area contributed by atoms with Crippen molar-refractivity contribution < 1.29 is 0 Å². The van der Waals surface area contributed by atoms with E-state index in [0.717, 1.165) is 22.4 Å². The van der Waals surface area contributed by atoms with Gasteiger partial charge in [-0.2, -0.15) is 0 Å². The van der Waals surface area contributed by atoms with Crippen molar-refractivity contribution in [1.82, 2.24) is 19.5 Å². The van der Waals surface area contributed by atoms with Crippen LogP contribution in [0, 0.1) is 0 Å². The molecule has 0 fully saturated rings. The lowest BCUT2D eigenvalue weighted by Gasteiger charge is -2.21. The Morgan fingerprint density at radius 1 is 0.423 bits per heavy atom. The van der Waals surface area contributed by atoms with Crippen LogP contribution in [0.1, 0.15) is 25.0 Å². The summed E-state index contributed by atoms with van der Waals surface area (Å²) >= 11 is 0. The molecule has 1 aliphatic carbocycles. The standard InChI is InChI=1S/C48H34N4/c1-48(2)42-24-22-35(41-30-52(37-20-10-5-11-21-37)44-29-34-19-13-12-18-33(34)26-40(41)44)27-38(42)39-28-36(23-25-43(39)48)47-50-45(31-14-6-3-7-15-31)49-46(51-47)32-16-8-4-9-17-32/h3-30H,1-2H3. The maximum absolute atomic E-state index is 5.05. The van der Waals surface area contributed by atoms with E-state index in [1.54, 1.807) is 0 Å². The minimum atomic E-state index is -0.153. The van der Waals surface area contributed by atoms with Gasteiger partial charge in [0.2, 0.25) is 0 Å². The molecule has 0 bridgehead atoms. The van der Waals surface area contributed by atoms with Crippen LogP contribution >= 0.6 is 0 Å². The zero-order valence-electron chi connectivity index (χ0n) is 29.0. The number of para-hydroxylation sites is 1. The van der Waals surface area contributed by atoms with Crippen LogP contribution in [0.2, 0.25) is 0 Å². The van der Waals surface area contributed by atoms with E-state index >= 15 is 0 Å². The molecule has 0 unspecified atom stereocenters. The number of hydrogen-bond acceptors (Lipinski definition) is 3. The van der Waals surface area contributed by atoms with E-state index in [4.69, 9.17) is 15.0 Å². The molecule has 4 nitrogen and oxygen atoms in total. The molecular weight excluding hydrogens is 633 g/mol. The molecule has 2 aromatic heterocycles. The predicted octanol–water partition coefficient (Wildman–Crippen LogP) is 11.9. The van der Waals surface area contributed by atoms with Crippen LogP contribution < -0.4 is 0 Å². The summed E-state index contributed by atoms with van der Waals surface area (Å²) in [4.78, 5) is 15.0. The van der Waals surface area contributed by atoms with E-state index < -0.39 is 0 Å². The molecule has 0 saturated heterocycles. The van der Waals surface area contributed by atoms with Crippen molar-refractivity contribution >= 4 is 21.7 Å². The fourth-order valence-electron chi connectivity index (χ4n) is 7.96. The first-order valence-electron chi connectivity index (χ1n) is 17.8. The summed E-state index contributed by atoms with van der Waals surface area (Å²) in [6, 6.07) is 58.0. The highest BCUT2D eigenvalue weighted by molar-refractivity contribution is 6.05. The molecule has 0 saturated carbocycles. The highest BCUT2D eigenvalue weighted by atomic mass is 15.0. The van der Waals surface area contributed by atoms with Crippen LogP contribution in [0.4, 0.5) is 0 Å². The third kappa shape index (κ3) is 4.87. The van der Waals surface area contributed by atoms with Gasteiger partial charge >= 0.3 is 0 Å². The summed E-state index contributed by atoms with van der Waals surface area (Å²) in [6.45, 7) is 4.66. The van der Waals surface area contributed by atoms with Gasteiger partial charge in [0.15, 0.2) is 17.5 Å². The molecule has 0 N–H and O–H groups in total. The van der Waals surface area contributed by atoms with Crippen LogP contribution in [-0.2, 0) is 5.41 Å². The smallest absolute Gasteiger partial charge is 0.164 e. The van der Waals surface area contributed by atoms with Gasteiger partial charge in [-0.05, 0) is 75.0 Å². The van der Waals surface area contributed by atoms with Crippen LogP contribution in [-0.4, -0.2) is 19.5 Å². The van der Waals surface area contributed by atoms with Crippen LogP contribution in [0.3, 0.4) is 0 Å². The lowest BCUT2D eigenvalue weighted by atomic mass is 9.82. The van der Waals surface area contributed by atoms with Crippen molar-refractivity contribution in [3.63, 3.8) is 0 Å². The Kier molecular flexibility index (Phi) is 6.80. The fraction of sp³-hybridized carbons (Fsp3) is 0.0625. The summed E-state index contributed by atoms with van der Waals surface area (Å²) in [6.07, 6.45) is 2.30. The van der Waals surface area contributed by atoms with Gasteiger partial charge in [0, 0.05) is 44.9 Å². The zero-order valence-corrected chi connectivity index (χ0v) is 29.0. The van der Waals surface area contributed by atoms with E-state index in [1.165, 1.54) is 55.1 Å². The second-order valence-corrected chi connectivity index (χ2v) is 14.1. The minimum absolute atomic E-state index is 0.153. The van der Waals surface area contributed by atoms with E-state index in [0.29, 0.717) is 17.5 Å². The van der Waals surface area contributed by atoms with Crippen molar-refractivity contribution in [2.24, 2.45) is 0 Å². The third-order valence-electron chi connectivity index (χ3n) is 10.7. The second-order valence-electron chi connectivity index (χ2n) is 14.1. The predicted molar refractivity (Wildman–Crippen MR) is 213 cm³/mol. The van der Waals surface area contributed by atoms with Gasteiger partial charge in [-0.3, -0.25) is 0 Å². The molecule has 246 valence electrons. The molecule has 0 atom stereocenters. The number of benzene rings is 7. The molecule has 2 heterocycles. The monoisotopic (exact) mass is 666 g/mol. The van der Waals surface area contributed by atoms with Crippen molar-refractivity contribution in [3.05, 3.63) is 181 Å². The number of fused-ring (bicyclic) bond motifs is 5. The summed E-state index contributed by atoms with van der Waals surface area (Å²) in [5.74, 6) is 1.99. The Labute approximate surface area is 302 Å². The Hall–Kier alpha value is -6.65. The lowest BCUT2D eigenvalue weighted by molar-refractivity contribution is 0.660. The Morgan fingerprint density at radius 3 is 1.50 bits per heavy atom. The van der Waals surface area contributed by atoms with Crippen LogP contribution in [0.25, 0.3) is 83.8 Å². The third-order valence-corrected chi connectivity index (χ3v) is 10.7. The highest BCUT2D eigenvalue weighted by Gasteiger charge is 2.36. The molecule has 9 aromatic rings. The number of rotatable bonds is 5. The SMILES string of the molecule is CC1(C)c2ccc(-c3nc(-c4ccccc4)nc(-c4ccccc4)n3)cc2-c2cc(-c3cn(-c4ccccc4)c4cc5ccccc5cc34)ccc21. The molecule has 10 rings (SSSR count). The Morgan fingerprint density at radius 2 is 0.904 bits per heavy atom. The number of nitrogens with zero attached hydrogens (tertiary/aromatic N) is 4. The van der Waals surface area contributed by atoms with E-state index in [2.05, 4.69) is 152 Å². The van der Waals surface area contributed by atoms with Crippen LogP contribution in [0.5, 0.6) is 0 Å². The van der Waals surface area contributed by atoms with Crippen molar-refractivity contribution in [2.45, 2.75) is 19.3 Å². The number of aromatic nitrogens is 4. The Balaban J connectivity index is 1.15. The Bertz CT molecular complexity index is 2740. The van der Waals surface area contributed by atoms with Gasteiger partial charge < -0.3 is 4.57 Å². The number of hydrogen-bond donors (Lipinski definition) is 0. The zero-order chi connectivity index (χ0) is 34.8. The summed E-state index contributed by atoms with van der Waals surface area (Å²) in [7, 11) is 0. The van der Waals surface area contributed by atoms with Gasteiger partial charge in [0.05, 0.1) is 5.52 Å². The topological polar surface area (TPSA) is 43.6 Å². The molecule has 0 amide bonds. The van der Waals surface area contributed by atoms with Crippen molar-refractivity contribution in [2.75, 3.05) is 0 Å². The van der Waals surface area contributed by atoms with E-state index in [-0.39, 0.29) is 5.41 Å². The van der Waals surface area contributed by atoms with Gasteiger partial charge in [-0.15, -0.1) is 0 Å². The van der Waals surface area contributed by atoms with Gasteiger partial charge in [0.1, 0.15) is 0 Å². The van der Waals surface area contributed by atoms with Gasteiger partial charge in [0.25, 0.3) is 0 Å². The quantitative estimate of drug-likeness (QED) is 0.184. The van der Waals surface area contributed by atoms with Gasteiger partial charge in [-0.1, -0.05) is 141 Å². The molecule has 4 heteroatoms. The first-order valence-corrected chi connectivity index (χ1v) is 17.8. The van der Waals surface area contributed by atoms with E-state index in [1.807, 2.05) is 36.4 Å².